The van der Waals surface area contributed by atoms with Crippen LogP contribution in [0.15, 0.2) is 0 Å². The minimum absolute atomic E-state index is 0.0510. The molecule has 0 amide bonds. The van der Waals surface area contributed by atoms with Crippen LogP contribution in [0, 0.1) is 11.3 Å². The van der Waals surface area contributed by atoms with Crippen molar-refractivity contribution in [2.24, 2.45) is 11.3 Å². The van der Waals surface area contributed by atoms with Crippen molar-refractivity contribution < 1.29 is 9.84 Å². The third-order valence-electron chi connectivity index (χ3n) is 4.17. The van der Waals surface area contributed by atoms with Crippen molar-refractivity contribution in [1.29, 1.82) is 0 Å². The van der Waals surface area contributed by atoms with E-state index in [1.165, 1.54) is 6.42 Å². The van der Waals surface area contributed by atoms with Gasteiger partial charge in [0.1, 0.15) is 0 Å². The monoisotopic (exact) mass is 214 g/mol. The average Bonchev–Trinajstić information content (AvgIpc) is 2.71. The van der Waals surface area contributed by atoms with Crippen LogP contribution in [0.3, 0.4) is 0 Å². The van der Waals surface area contributed by atoms with Crippen molar-refractivity contribution in [3.05, 3.63) is 0 Å². The van der Waals surface area contributed by atoms with Gasteiger partial charge in [-0.05, 0) is 25.2 Å². The fourth-order valence-electron chi connectivity index (χ4n) is 2.62. The summed E-state index contributed by atoms with van der Waals surface area (Å²) in [4.78, 5) is 0. The van der Waals surface area contributed by atoms with E-state index in [0.29, 0.717) is 12.0 Å². The Labute approximate surface area is 94.0 Å². The Morgan fingerprint density at radius 1 is 1.27 bits per heavy atom. The molecule has 0 aliphatic carbocycles. The summed E-state index contributed by atoms with van der Waals surface area (Å²) in [6.07, 6.45) is 5.09. The number of ether oxygens (including phenoxy) is 1. The molecule has 0 aromatic rings. The molecular formula is C13H26O2. The second-order valence-corrected chi connectivity index (χ2v) is 5.16. The summed E-state index contributed by atoms with van der Waals surface area (Å²) in [6.45, 7) is 8.94. The smallest absolute Gasteiger partial charge is 0.0683 e. The van der Waals surface area contributed by atoms with E-state index in [9.17, 15) is 5.11 Å². The van der Waals surface area contributed by atoms with E-state index < -0.39 is 0 Å². The predicted molar refractivity (Wildman–Crippen MR) is 62.8 cm³/mol. The van der Waals surface area contributed by atoms with Crippen LogP contribution in [0.25, 0.3) is 0 Å². The first kappa shape index (κ1) is 13.0. The summed E-state index contributed by atoms with van der Waals surface area (Å²) in [5.41, 5.74) is -0.0510. The third kappa shape index (κ3) is 2.54. The molecule has 1 heterocycles. The molecule has 0 aromatic heterocycles. The van der Waals surface area contributed by atoms with Gasteiger partial charge < -0.3 is 9.84 Å². The van der Waals surface area contributed by atoms with E-state index in [4.69, 9.17) is 4.74 Å². The second kappa shape index (κ2) is 5.31. The van der Waals surface area contributed by atoms with Gasteiger partial charge in [0.15, 0.2) is 0 Å². The van der Waals surface area contributed by atoms with Gasteiger partial charge in [0.2, 0.25) is 0 Å². The highest BCUT2D eigenvalue weighted by molar-refractivity contribution is 4.92. The molecule has 4 unspecified atom stereocenters. The first-order valence-corrected chi connectivity index (χ1v) is 6.37. The Kier molecular flexibility index (Phi) is 4.60. The van der Waals surface area contributed by atoms with Gasteiger partial charge >= 0.3 is 0 Å². The Hall–Kier alpha value is -0.0800. The van der Waals surface area contributed by atoms with Crippen LogP contribution < -0.4 is 0 Å². The minimum Gasteiger partial charge on any atom is -0.396 e. The van der Waals surface area contributed by atoms with Gasteiger partial charge in [-0.3, -0.25) is 0 Å². The number of rotatable bonds is 5. The zero-order valence-electron chi connectivity index (χ0n) is 10.6. The fraction of sp³-hybridized carbons (Fsp3) is 1.00. The molecule has 0 spiro atoms. The number of hydrogen-bond acceptors (Lipinski definition) is 2. The van der Waals surface area contributed by atoms with Crippen LogP contribution in [0.1, 0.15) is 53.4 Å². The van der Waals surface area contributed by atoms with Crippen LogP contribution in [-0.2, 0) is 4.74 Å². The number of hydrogen-bond donors (Lipinski definition) is 1. The molecule has 1 fully saturated rings. The lowest BCUT2D eigenvalue weighted by Gasteiger charge is -2.35. The summed E-state index contributed by atoms with van der Waals surface area (Å²) in [6, 6.07) is 0. The van der Waals surface area contributed by atoms with E-state index in [0.717, 1.165) is 19.3 Å². The summed E-state index contributed by atoms with van der Waals surface area (Å²) >= 11 is 0. The molecule has 0 bridgehead atoms. The van der Waals surface area contributed by atoms with Gasteiger partial charge in [-0.15, -0.1) is 0 Å². The van der Waals surface area contributed by atoms with Crippen molar-refractivity contribution in [3.8, 4) is 0 Å². The molecule has 4 atom stereocenters. The van der Waals surface area contributed by atoms with Crippen LogP contribution >= 0.6 is 0 Å². The SMILES string of the molecule is CCC1CC(CC)C(C(C)(CC)CO)O1. The van der Waals surface area contributed by atoms with Gasteiger partial charge in [0, 0.05) is 5.41 Å². The maximum Gasteiger partial charge on any atom is 0.0683 e. The van der Waals surface area contributed by atoms with Gasteiger partial charge in [-0.2, -0.15) is 0 Å². The Bertz CT molecular complexity index is 187. The molecule has 2 nitrogen and oxygen atoms in total. The Morgan fingerprint density at radius 2 is 1.93 bits per heavy atom. The van der Waals surface area contributed by atoms with E-state index in [1.807, 2.05) is 0 Å². The summed E-state index contributed by atoms with van der Waals surface area (Å²) in [5, 5.41) is 9.54. The predicted octanol–water partition coefficient (Wildman–Crippen LogP) is 2.99. The quantitative estimate of drug-likeness (QED) is 0.762. The Balaban J connectivity index is 2.74. The highest BCUT2D eigenvalue weighted by Crippen LogP contribution is 2.42. The fourth-order valence-corrected chi connectivity index (χ4v) is 2.62. The molecule has 0 radical (unpaired) electrons. The standard InChI is InChI=1S/C13H26O2/c1-5-10-8-11(6-2)15-12(10)13(4,7-3)9-14/h10-12,14H,5-9H2,1-4H3. The van der Waals surface area contributed by atoms with Crippen molar-refractivity contribution in [2.75, 3.05) is 6.61 Å². The Morgan fingerprint density at radius 3 is 2.33 bits per heavy atom. The lowest BCUT2D eigenvalue weighted by molar-refractivity contribution is -0.0694. The summed E-state index contributed by atoms with van der Waals surface area (Å²) in [7, 11) is 0. The number of aliphatic hydroxyl groups is 1. The van der Waals surface area contributed by atoms with Gasteiger partial charge in [-0.1, -0.05) is 34.1 Å². The van der Waals surface area contributed by atoms with E-state index in [-0.39, 0.29) is 18.1 Å². The highest BCUT2D eigenvalue weighted by Gasteiger charge is 2.43. The van der Waals surface area contributed by atoms with Crippen molar-refractivity contribution >= 4 is 0 Å². The molecule has 1 rings (SSSR count). The molecule has 1 saturated heterocycles. The molecule has 1 aliphatic heterocycles. The normalized spacial score (nSPS) is 35.4. The van der Waals surface area contributed by atoms with Crippen molar-refractivity contribution in [1.82, 2.24) is 0 Å². The summed E-state index contributed by atoms with van der Waals surface area (Å²) in [5.74, 6) is 0.632. The minimum atomic E-state index is -0.0510. The van der Waals surface area contributed by atoms with Crippen molar-refractivity contribution in [3.63, 3.8) is 0 Å². The molecular weight excluding hydrogens is 188 g/mol. The average molecular weight is 214 g/mol. The maximum atomic E-state index is 9.54. The molecule has 90 valence electrons. The first-order chi connectivity index (χ1) is 7.11. The molecule has 15 heavy (non-hydrogen) atoms. The van der Waals surface area contributed by atoms with Gasteiger partial charge in [-0.25, -0.2) is 0 Å². The zero-order chi connectivity index (χ0) is 11.5. The molecule has 2 heteroatoms. The summed E-state index contributed by atoms with van der Waals surface area (Å²) < 4.78 is 6.10. The lowest BCUT2D eigenvalue weighted by atomic mass is 9.75. The largest absolute Gasteiger partial charge is 0.396 e. The first-order valence-electron chi connectivity index (χ1n) is 6.37. The third-order valence-corrected chi connectivity index (χ3v) is 4.17. The van der Waals surface area contributed by atoms with E-state index in [2.05, 4.69) is 27.7 Å². The maximum absolute atomic E-state index is 9.54. The van der Waals surface area contributed by atoms with Gasteiger partial charge in [0.25, 0.3) is 0 Å². The lowest BCUT2D eigenvalue weighted by Crippen LogP contribution is -2.39. The highest BCUT2D eigenvalue weighted by atomic mass is 16.5. The van der Waals surface area contributed by atoms with Crippen LogP contribution in [0.4, 0.5) is 0 Å². The van der Waals surface area contributed by atoms with Crippen LogP contribution in [0.2, 0.25) is 0 Å². The van der Waals surface area contributed by atoms with Gasteiger partial charge in [0.05, 0.1) is 18.8 Å². The van der Waals surface area contributed by atoms with Crippen LogP contribution in [-0.4, -0.2) is 23.9 Å². The number of aliphatic hydroxyl groups excluding tert-OH is 1. The molecule has 0 aromatic carbocycles. The van der Waals surface area contributed by atoms with Crippen molar-refractivity contribution in [2.45, 2.75) is 65.6 Å². The van der Waals surface area contributed by atoms with E-state index in [1.54, 1.807) is 0 Å². The van der Waals surface area contributed by atoms with E-state index >= 15 is 0 Å². The molecule has 1 N–H and O–H groups in total. The second-order valence-electron chi connectivity index (χ2n) is 5.16. The molecule has 0 saturated carbocycles. The molecule has 1 aliphatic rings. The topological polar surface area (TPSA) is 29.5 Å². The van der Waals surface area contributed by atoms with Crippen LogP contribution in [0.5, 0.6) is 0 Å². The zero-order valence-corrected chi connectivity index (χ0v) is 10.6.